The second-order valence-electron chi connectivity index (χ2n) is 6.44. The van der Waals surface area contributed by atoms with Crippen molar-refractivity contribution >= 4 is 0 Å². The molecule has 0 bridgehead atoms. The fourth-order valence-corrected chi connectivity index (χ4v) is 3.15. The summed E-state index contributed by atoms with van der Waals surface area (Å²) in [5.74, 6) is 1.49. The van der Waals surface area contributed by atoms with Crippen LogP contribution in [0.15, 0.2) is 24.3 Å². The number of hydrogen-bond acceptors (Lipinski definition) is 1. The van der Waals surface area contributed by atoms with Gasteiger partial charge in [0.1, 0.15) is 0 Å². The summed E-state index contributed by atoms with van der Waals surface area (Å²) < 4.78 is 0. The number of benzene rings is 1. The third kappa shape index (κ3) is 2.61. The lowest BCUT2D eigenvalue weighted by Gasteiger charge is -2.39. The molecule has 0 atom stereocenters. The maximum atomic E-state index is 6.11. The molecule has 0 radical (unpaired) electrons. The highest BCUT2D eigenvalue weighted by Crippen LogP contribution is 2.41. The summed E-state index contributed by atoms with van der Waals surface area (Å²) in [6, 6.07) is 9.21. The minimum atomic E-state index is 0.252. The number of nitrogens with two attached hydrogens (primary N) is 1. The van der Waals surface area contributed by atoms with Gasteiger partial charge in [0.05, 0.1) is 0 Å². The van der Waals surface area contributed by atoms with Crippen LogP contribution in [0, 0.1) is 5.92 Å². The lowest BCUT2D eigenvalue weighted by molar-refractivity contribution is 0.247. The van der Waals surface area contributed by atoms with Gasteiger partial charge in [-0.2, -0.15) is 0 Å². The molecule has 1 aliphatic rings. The first kappa shape index (κ1) is 13.6. The van der Waals surface area contributed by atoms with Crippen molar-refractivity contribution < 1.29 is 0 Å². The zero-order chi connectivity index (χ0) is 13.2. The van der Waals surface area contributed by atoms with Crippen molar-refractivity contribution in [2.45, 2.75) is 57.8 Å². The van der Waals surface area contributed by atoms with Gasteiger partial charge in [-0.05, 0) is 48.6 Å². The molecule has 0 spiro atoms. The molecule has 0 heterocycles. The Bertz CT molecular complexity index is 369. The van der Waals surface area contributed by atoms with Gasteiger partial charge in [0.15, 0.2) is 0 Å². The van der Waals surface area contributed by atoms with Crippen LogP contribution >= 0.6 is 0 Å². The molecule has 1 heteroatoms. The molecular weight excluding hydrogens is 218 g/mol. The summed E-state index contributed by atoms with van der Waals surface area (Å²) in [5.41, 5.74) is 9.25. The highest BCUT2D eigenvalue weighted by atomic mass is 14.6. The van der Waals surface area contributed by atoms with Crippen molar-refractivity contribution in [2.24, 2.45) is 11.7 Å². The van der Waals surface area contributed by atoms with Gasteiger partial charge in [-0.25, -0.2) is 0 Å². The Labute approximate surface area is 112 Å². The normalized spacial score (nSPS) is 28.6. The Morgan fingerprint density at radius 3 is 2.17 bits per heavy atom. The zero-order valence-corrected chi connectivity index (χ0v) is 12.1. The highest BCUT2D eigenvalue weighted by Gasteiger charge is 2.34. The molecule has 0 aliphatic heterocycles. The van der Waals surface area contributed by atoms with E-state index in [2.05, 4.69) is 45.0 Å². The smallest absolute Gasteiger partial charge is 0.00757 e. The van der Waals surface area contributed by atoms with E-state index in [1.807, 2.05) is 0 Å². The van der Waals surface area contributed by atoms with Crippen molar-refractivity contribution in [2.75, 3.05) is 6.54 Å². The van der Waals surface area contributed by atoms with Gasteiger partial charge in [-0.3, -0.25) is 0 Å². The van der Waals surface area contributed by atoms with E-state index in [0.29, 0.717) is 5.92 Å². The van der Waals surface area contributed by atoms with E-state index < -0.39 is 0 Å². The van der Waals surface area contributed by atoms with E-state index in [4.69, 9.17) is 5.73 Å². The Hall–Kier alpha value is -0.820. The van der Waals surface area contributed by atoms with E-state index in [1.54, 1.807) is 0 Å². The maximum Gasteiger partial charge on any atom is 0.00757 e. The fraction of sp³-hybridized carbons (Fsp3) is 0.647. The van der Waals surface area contributed by atoms with Crippen molar-refractivity contribution in [3.05, 3.63) is 35.4 Å². The van der Waals surface area contributed by atoms with E-state index in [9.17, 15) is 0 Å². The summed E-state index contributed by atoms with van der Waals surface area (Å²) in [6.07, 6.45) is 5.16. The molecule has 1 nitrogen and oxygen atoms in total. The SMILES string of the molecule is CC1CCC(CN)(c2ccc(C(C)C)cc2)CC1. The summed E-state index contributed by atoms with van der Waals surface area (Å²) in [4.78, 5) is 0. The van der Waals surface area contributed by atoms with Gasteiger partial charge < -0.3 is 5.73 Å². The monoisotopic (exact) mass is 245 g/mol. The fourth-order valence-electron chi connectivity index (χ4n) is 3.15. The van der Waals surface area contributed by atoms with Crippen LogP contribution in [-0.4, -0.2) is 6.54 Å². The molecule has 2 rings (SSSR count). The molecule has 1 aromatic carbocycles. The first-order valence-electron chi connectivity index (χ1n) is 7.38. The van der Waals surface area contributed by atoms with Gasteiger partial charge in [-0.1, -0.05) is 45.0 Å². The maximum absolute atomic E-state index is 6.11. The first-order chi connectivity index (χ1) is 8.57. The van der Waals surface area contributed by atoms with Crippen LogP contribution in [0.3, 0.4) is 0 Å². The lowest BCUT2D eigenvalue weighted by Crippen LogP contribution is -2.38. The highest BCUT2D eigenvalue weighted by molar-refractivity contribution is 5.31. The standard InChI is InChI=1S/C17H27N/c1-13(2)15-4-6-16(7-5-15)17(12-18)10-8-14(3)9-11-17/h4-7,13-14H,8-12,18H2,1-3H3. The van der Waals surface area contributed by atoms with Gasteiger partial charge in [0.25, 0.3) is 0 Å². The Balaban J connectivity index is 2.22. The van der Waals surface area contributed by atoms with Crippen LogP contribution in [0.25, 0.3) is 0 Å². The van der Waals surface area contributed by atoms with E-state index in [0.717, 1.165) is 12.5 Å². The van der Waals surface area contributed by atoms with Gasteiger partial charge in [-0.15, -0.1) is 0 Å². The van der Waals surface area contributed by atoms with Crippen LogP contribution < -0.4 is 5.73 Å². The van der Waals surface area contributed by atoms with Crippen molar-refractivity contribution in [1.29, 1.82) is 0 Å². The second-order valence-corrected chi connectivity index (χ2v) is 6.44. The molecule has 1 fully saturated rings. The minimum absolute atomic E-state index is 0.252. The van der Waals surface area contributed by atoms with Crippen LogP contribution in [0.4, 0.5) is 0 Å². The van der Waals surface area contributed by atoms with Gasteiger partial charge in [0, 0.05) is 12.0 Å². The minimum Gasteiger partial charge on any atom is -0.330 e. The quantitative estimate of drug-likeness (QED) is 0.848. The van der Waals surface area contributed by atoms with Gasteiger partial charge >= 0.3 is 0 Å². The Kier molecular flexibility index (Phi) is 4.11. The number of rotatable bonds is 3. The van der Waals surface area contributed by atoms with E-state index >= 15 is 0 Å². The molecular formula is C17H27N. The third-order valence-corrected chi connectivity index (χ3v) is 4.81. The second kappa shape index (κ2) is 5.44. The average molecular weight is 245 g/mol. The first-order valence-corrected chi connectivity index (χ1v) is 7.38. The summed E-state index contributed by atoms with van der Waals surface area (Å²) in [5, 5.41) is 0. The summed E-state index contributed by atoms with van der Waals surface area (Å²) >= 11 is 0. The number of hydrogen-bond donors (Lipinski definition) is 1. The van der Waals surface area contributed by atoms with Crippen molar-refractivity contribution in [1.82, 2.24) is 0 Å². The summed E-state index contributed by atoms with van der Waals surface area (Å²) in [6.45, 7) is 7.65. The predicted molar refractivity (Wildman–Crippen MR) is 78.9 cm³/mol. The van der Waals surface area contributed by atoms with E-state index in [1.165, 1.54) is 36.8 Å². The zero-order valence-electron chi connectivity index (χ0n) is 12.1. The van der Waals surface area contributed by atoms with Crippen LogP contribution in [0.1, 0.15) is 63.5 Å². The molecule has 18 heavy (non-hydrogen) atoms. The van der Waals surface area contributed by atoms with Crippen LogP contribution in [-0.2, 0) is 5.41 Å². The van der Waals surface area contributed by atoms with E-state index in [-0.39, 0.29) is 5.41 Å². The Morgan fingerprint density at radius 1 is 1.17 bits per heavy atom. The largest absolute Gasteiger partial charge is 0.330 e. The van der Waals surface area contributed by atoms with Gasteiger partial charge in [0.2, 0.25) is 0 Å². The molecule has 0 unspecified atom stereocenters. The lowest BCUT2D eigenvalue weighted by atomic mass is 9.67. The topological polar surface area (TPSA) is 26.0 Å². The molecule has 0 aromatic heterocycles. The predicted octanol–water partition coefficient (Wildman–Crippen LogP) is 4.22. The molecule has 0 amide bonds. The molecule has 100 valence electrons. The van der Waals surface area contributed by atoms with Crippen LogP contribution in [0.5, 0.6) is 0 Å². The summed E-state index contributed by atoms with van der Waals surface area (Å²) in [7, 11) is 0. The molecule has 1 aliphatic carbocycles. The van der Waals surface area contributed by atoms with Crippen molar-refractivity contribution in [3.8, 4) is 0 Å². The Morgan fingerprint density at radius 2 is 1.72 bits per heavy atom. The van der Waals surface area contributed by atoms with Crippen molar-refractivity contribution in [3.63, 3.8) is 0 Å². The molecule has 1 aromatic rings. The molecule has 0 saturated heterocycles. The third-order valence-electron chi connectivity index (χ3n) is 4.81. The molecule has 1 saturated carbocycles. The molecule has 2 N–H and O–H groups in total. The van der Waals surface area contributed by atoms with Crippen LogP contribution in [0.2, 0.25) is 0 Å². The average Bonchev–Trinajstić information content (AvgIpc) is 2.40.